The lowest BCUT2D eigenvalue weighted by molar-refractivity contribution is -0.385. The molecule has 1 aliphatic rings. The second-order valence-electron chi connectivity index (χ2n) is 5.11. The van der Waals surface area contributed by atoms with Crippen LogP contribution in [-0.4, -0.2) is 11.0 Å². The van der Waals surface area contributed by atoms with Gasteiger partial charge in [-0.25, -0.2) is 4.79 Å². The summed E-state index contributed by atoms with van der Waals surface area (Å²) >= 11 is 0. The molecule has 1 N–H and O–H groups in total. The maximum Gasteiger partial charge on any atom is 0.408 e. The minimum atomic E-state index is -0.618. The number of nitro benzene ring substituents is 1. The maximum atomic E-state index is 12.0. The first kappa shape index (κ1) is 15.5. The third-order valence-corrected chi connectivity index (χ3v) is 3.49. The summed E-state index contributed by atoms with van der Waals surface area (Å²) in [4.78, 5) is 22.4. The molecule has 1 amide bonds. The second kappa shape index (κ2) is 6.82. The molecule has 0 aromatic heterocycles. The van der Waals surface area contributed by atoms with Gasteiger partial charge in [-0.1, -0.05) is 30.3 Å². The number of hydrogen-bond acceptors (Lipinski definition) is 5. The number of carbonyl (C=O) groups excluding carboxylic acids is 1. The van der Waals surface area contributed by atoms with Crippen LogP contribution in [0.25, 0.3) is 0 Å². The Kier molecular flexibility index (Phi) is 4.42. The van der Waals surface area contributed by atoms with E-state index in [1.807, 2.05) is 30.3 Å². The Labute approximate surface area is 137 Å². The van der Waals surface area contributed by atoms with Crippen molar-refractivity contribution in [1.82, 2.24) is 5.32 Å². The van der Waals surface area contributed by atoms with Crippen LogP contribution >= 0.6 is 0 Å². The zero-order chi connectivity index (χ0) is 16.9. The van der Waals surface area contributed by atoms with Crippen LogP contribution < -0.4 is 10.1 Å². The van der Waals surface area contributed by atoms with Gasteiger partial charge in [-0.05, 0) is 17.7 Å². The highest BCUT2D eigenvalue weighted by atomic mass is 16.6. The predicted octanol–water partition coefficient (Wildman–Crippen LogP) is 3.47. The molecule has 7 heteroatoms. The van der Waals surface area contributed by atoms with Crippen molar-refractivity contribution in [2.24, 2.45) is 0 Å². The fourth-order valence-corrected chi connectivity index (χ4v) is 2.31. The van der Waals surface area contributed by atoms with E-state index in [-0.39, 0.29) is 12.3 Å². The Bertz CT molecular complexity index is 789. The summed E-state index contributed by atoms with van der Waals surface area (Å²) in [5.74, 6) is 0.455. The van der Waals surface area contributed by atoms with E-state index in [1.54, 1.807) is 6.08 Å². The monoisotopic (exact) mass is 326 g/mol. The molecule has 1 atom stereocenters. The van der Waals surface area contributed by atoms with Crippen LogP contribution in [0.15, 0.2) is 60.9 Å². The number of carbonyl (C=O) groups is 1. The normalized spacial score (nSPS) is 15.1. The van der Waals surface area contributed by atoms with E-state index in [4.69, 9.17) is 9.47 Å². The molecule has 0 radical (unpaired) electrons. The predicted molar refractivity (Wildman–Crippen MR) is 85.4 cm³/mol. The third-order valence-electron chi connectivity index (χ3n) is 3.49. The zero-order valence-electron chi connectivity index (χ0n) is 12.5. The molecule has 24 heavy (non-hydrogen) atoms. The summed E-state index contributed by atoms with van der Waals surface area (Å²) in [5, 5.41) is 13.6. The average molecular weight is 326 g/mol. The number of nitrogens with zero attached hydrogens (tertiary/aromatic N) is 1. The van der Waals surface area contributed by atoms with Gasteiger partial charge in [-0.3, -0.25) is 10.1 Å². The molecule has 0 unspecified atom stereocenters. The molecule has 7 nitrogen and oxygen atoms in total. The Morgan fingerprint density at radius 3 is 2.79 bits per heavy atom. The van der Waals surface area contributed by atoms with E-state index < -0.39 is 17.1 Å². The van der Waals surface area contributed by atoms with Crippen LogP contribution in [0, 0.1) is 10.1 Å². The van der Waals surface area contributed by atoms with Crippen molar-refractivity contribution in [3.8, 4) is 5.75 Å². The molecule has 0 spiro atoms. The van der Waals surface area contributed by atoms with Gasteiger partial charge in [-0.2, -0.15) is 0 Å². The molecule has 0 saturated carbocycles. The van der Waals surface area contributed by atoms with Gasteiger partial charge >= 0.3 is 6.09 Å². The van der Waals surface area contributed by atoms with Gasteiger partial charge in [0.1, 0.15) is 12.4 Å². The SMILES string of the molecule is O=C(N[C@H]1C=COc2ccc([N+](=O)[O-])cc21)OCc1ccccc1. The molecular formula is C17H14N2O5. The van der Waals surface area contributed by atoms with E-state index in [0.29, 0.717) is 11.3 Å². The first-order valence-electron chi connectivity index (χ1n) is 7.22. The molecule has 1 aliphatic heterocycles. The standard InChI is InChI=1S/C17H14N2O5/c20-17(24-11-12-4-2-1-3-5-12)18-15-8-9-23-16-7-6-13(19(21)22)10-14(15)16/h1-10,15H,11H2,(H,18,20)/t15-/m0/s1. The van der Waals surface area contributed by atoms with E-state index in [0.717, 1.165) is 5.56 Å². The van der Waals surface area contributed by atoms with Crippen molar-refractivity contribution in [2.45, 2.75) is 12.6 Å². The van der Waals surface area contributed by atoms with Crippen molar-refractivity contribution in [1.29, 1.82) is 0 Å². The van der Waals surface area contributed by atoms with Crippen LogP contribution in [0.2, 0.25) is 0 Å². The summed E-state index contributed by atoms with van der Waals surface area (Å²) in [6.07, 6.45) is 2.40. The number of fused-ring (bicyclic) bond motifs is 1. The molecule has 0 bridgehead atoms. The van der Waals surface area contributed by atoms with Crippen molar-refractivity contribution in [2.75, 3.05) is 0 Å². The summed E-state index contributed by atoms with van der Waals surface area (Å²) in [7, 11) is 0. The maximum absolute atomic E-state index is 12.0. The van der Waals surface area contributed by atoms with Gasteiger partial charge in [0.2, 0.25) is 0 Å². The minimum absolute atomic E-state index is 0.0721. The molecule has 0 aliphatic carbocycles. The van der Waals surface area contributed by atoms with E-state index in [1.165, 1.54) is 24.5 Å². The summed E-state index contributed by atoms with van der Waals surface area (Å²) in [5.41, 5.74) is 1.30. The molecule has 2 aromatic carbocycles. The number of nitro groups is 1. The molecule has 2 aromatic rings. The number of alkyl carbamates (subject to hydrolysis) is 1. The van der Waals surface area contributed by atoms with Crippen LogP contribution in [0.4, 0.5) is 10.5 Å². The van der Waals surface area contributed by atoms with Gasteiger partial charge in [0.15, 0.2) is 0 Å². The van der Waals surface area contributed by atoms with Crippen LogP contribution in [-0.2, 0) is 11.3 Å². The molecule has 0 saturated heterocycles. The Morgan fingerprint density at radius 1 is 1.25 bits per heavy atom. The second-order valence-corrected chi connectivity index (χ2v) is 5.11. The Hall–Kier alpha value is -3.35. The molecule has 3 rings (SSSR count). The smallest absolute Gasteiger partial charge is 0.408 e. The van der Waals surface area contributed by atoms with Gasteiger partial charge in [0, 0.05) is 17.7 Å². The fraction of sp³-hybridized carbons (Fsp3) is 0.118. The fourth-order valence-electron chi connectivity index (χ4n) is 2.31. The lowest BCUT2D eigenvalue weighted by atomic mass is 10.0. The summed E-state index contributed by atoms with van der Waals surface area (Å²) in [6.45, 7) is 0.140. The van der Waals surface area contributed by atoms with Crippen LogP contribution in [0.5, 0.6) is 5.75 Å². The zero-order valence-corrected chi connectivity index (χ0v) is 12.5. The number of benzene rings is 2. The number of ether oxygens (including phenoxy) is 2. The largest absolute Gasteiger partial charge is 0.465 e. The minimum Gasteiger partial charge on any atom is -0.465 e. The Morgan fingerprint density at radius 2 is 2.04 bits per heavy atom. The van der Waals surface area contributed by atoms with E-state index in [9.17, 15) is 14.9 Å². The highest BCUT2D eigenvalue weighted by Crippen LogP contribution is 2.33. The lowest BCUT2D eigenvalue weighted by Crippen LogP contribution is -2.29. The van der Waals surface area contributed by atoms with Crippen molar-refractivity contribution >= 4 is 11.8 Å². The van der Waals surface area contributed by atoms with Crippen LogP contribution in [0.1, 0.15) is 17.2 Å². The third kappa shape index (κ3) is 3.52. The average Bonchev–Trinajstić information content (AvgIpc) is 2.61. The van der Waals surface area contributed by atoms with E-state index in [2.05, 4.69) is 5.32 Å². The van der Waals surface area contributed by atoms with Crippen molar-refractivity contribution < 1.29 is 19.2 Å². The van der Waals surface area contributed by atoms with Crippen molar-refractivity contribution in [3.63, 3.8) is 0 Å². The van der Waals surface area contributed by atoms with Crippen LogP contribution in [0.3, 0.4) is 0 Å². The van der Waals surface area contributed by atoms with E-state index >= 15 is 0 Å². The lowest BCUT2D eigenvalue weighted by Gasteiger charge is -2.21. The first-order valence-corrected chi connectivity index (χ1v) is 7.22. The van der Waals surface area contributed by atoms with Gasteiger partial charge in [0.25, 0.3) is 5.69 Å². The molecule has 122 valence electrons. The number of amides is 1. The topological polar surface area (TPSA) is 90.7 Å². The summed E-state index contributed by atoms with van der Waals surface area (Å²) < 4.78 is 10.5. The van der Waals surface area contributed by atoms with Gasteiger partial charge in [0.05, 0.1) is 17.2 Å². The van der Waals surface area contributed by atoms with Gasteiger partial charge < -0.3 is 14.8 Å². The first-order chi connectivity index (χ1) is 11.6. The number of nitrogens with one attached hydrogen (secondary N) is 1. The van der Waals surface area contributed by atoms with Gasteiger partial charge in [-0.15, -0.1) is 0 Å². The molecular weight excluding hydrogens is 312 g/mol. The number of rotatable bonds is 4. The highest BCUT2D eigenvalue weighted by Gasteiger charge is 2.23. The quantitative estimate of drug-likeness (QED) is 0.686. The molecule has 0 fully saturated rings. The highest BCUT2D eigenvalue weighted by molar-refractivity contribution is 5.69. The Balaban J connectivity index is 1.68. The number of hydrogen-bond donors (Lipinski definition) is 1. The van der Waals surface area contributed by atoms with Crippen molar-refractivity contribution in [3.05, 3.63) is 82.1 Å². The molecule has 1 heterocycles. The number of non-ortho nitro benzene ring substituents is 1. The summed E-state index contributed by atoms with van der Waals surface area (Å²) in [6, 6.07) is 12.9.